The molecule has 0 atom stereocenters. The highest BCUT2D eigenvalue weighted by atomic mass is 79.9. The Morgan fingerprint density at radius 2 is 0.974 bits per heavy atom. The highest BCUT2D eigenvalue weighted by molar-refractivity contribution is 9.10. The van der Waals surface area contributed by atoms with Crippen molar-refractivity contribution in [2.75, 3.05) is 0 Å². The van der Waals surface area contributed by atoms with Crippen molar-refractivity contribution in [3.05, 3.63) is 153 Å². The van der Waals surface area contributed by atoms with E-state index in [2.05, 4.69) is 145 Å². The van der Waals surface area contributed by atoms with Crippen LogP contribution in [0.1, 0.15) is 47.2 Å². The topological polar surface area (TPSA) is 0 Å². The molecule has 0 aromatic heterocycles. The van der Waals surface area contributed by atoms with Crippen LogP contribution in [0.2, 0.25) is 0 Å². The molecule has 0 saturated heterocycles. The quantitative estimate of drug-likeness (QED) is 0.173. The lowest BCUT2D eigenvalue weighted by atomic mass is 9.61. The van der Waals surface area contributed by atoms with Gasteiger partial charge < -0.3 is 0 Å². The standard InChI is InChI=1S/C38H25Br/c1-37(2)33-19-23(39)17-18-26(33)28-21-35-29(20-34(28)37)27-13-7-9-22-10-8-16-32(36(22)27)38(35)30-14-5-3-11-24(30)25-12-4-6-15-31(25)38/h3-21H,1-2H3. The summed E-state index contributed by atoms with van der Waals surface area (Å²) in [5, 5.41) is 2.69. The molecule has 184 valence electrons. The summed E-state index contributed by atoms with van der Waals surface area (Å²) in [4.78, 5) is 0. The summed E-state index contributed by atoms with van der Waals surface area (Å²) in [5.74, 6) is 0. The molecular formula is C38H25Br. The molecule has 3 aliphatic carbocycles. The molecule has 1 spiro atoms. The SMILES string of the molecule is CC1(C)c2cc(Br)ccc2-c2cc3c(cc21)-c1cccc2cccc(c12)C31c2ccccc2-c2ccccc21. The molecule has 0 heterocycles. The molecule has 6 aromatic rings. The van der Waals surface area contributed by atoms with Gasteiger partial charge in [-0.2, -0.15) is 0 Å². The molecular weight excluding hydrogens is 536 g/mol. The molecule has 0 fully saturated rings. The molecule has 0 saturated carbocycles. The third-order valence-corrected chi connectivity index (χ3v) is 10.2. The molecule has 0 aliphatic heterocycles. The van der Waals surface area contributed by atoms with E-state index in [9.17, 15) is 0 Å². The molecule has 0 N–H and O–H groups in total. The summed E-state index contributed by atoms with van der Waals surface area (Å²) in [6.45, 7) is 4.76. The second-order valence-corrected chi connectivity index (χ2v) is 12.7. The fourth-order valence-corrected chi connectivity index (χ4v) is 8.49. The van der Waals surface area contributed by atoms with E-state index >= 15 is 0 Å². The summed E-state index contributed by atoms with van der Waals surface area (Å²) < 4.78 is 1.14. The first-order valence-corrected chi connectivity index (χ1v) is 14.5. The van der Waals surface area contributed by atoms with Crippen molar-refractivity contribution < 1.29 is 0 Å². The molecule has 3 aliphatic rings. The molecule has 0 unspecified atom stereocenters. The molecule has 6 aromatic carbocycles. The van der Waals surface area contributed by atoms with Crippen LogP contribution in [-0.4, -0.2) is 0 Å². The van der Waals surface area contributed by atoms with Gasteiger partial charge in [-0.15, -0.1) is 0 Å². The summed E-state index contributed by atoms with van der Waals surface area (Å²) in [6.07, 6.45) is 0. The first-order chi connectivity index (χ1) is 19.0. The Kier molecular flexibility index (Phi) is 4.03. The molecule has 0 bridgehead atoms. The number of hydrogen-bond donors (Lipinski definition) is 0. The van der Waals surface area contributed by atoms with Crippen molar-refractivity contribution in [2.45, 2.75) is 24.7 Å². The molecule has 0 amide bonds. The largest absolute Gasteiger partial charge is 0.0725 e. The van der Waals surface area contributed by atoms with Gasteiger partial charge in [-0.05, 0) is 102 Å². The monoisotopic (exact) mass is 560 g/mol. The van der Waals surface area contributed by atoms with Gasteiger partial charge in [0.1, 0.15) is 0 Å². The predicted molar refractivity (Wildman–Crippen MR) is 166 cm³/mol. The Balaban J connectivity index is 1.52. The maximum atomic E-state index is 3.75. The maximum absolute atomic E-state index is 3.75. The Morgan fingerprint density at radius 3 is 1.72 bits per heavy atom. The lowest BCUT2D eigenvalue weighted by Crippen LogP contribution is -2.32. The maximum Gasteiger partial charge on any atom is 0.0725 e. The minimum atomic E-state index is -0.367. The third-order valence-electron chi connectivity index (χ3n) is 9.73. The van der Waals surface area contributed by atoms with Gasteiger partial charge in [-0.25, -0.2) is 0 Å². The predicted octanol–water partition coefficient (Wildman–Crippen LogP) is 10.3. The van der Waals surface area contributed by atoms with E-state index in [0.717, 1.165) is 4.47 Å². The minimum absolute atomic E-state index is 0.0764. The fraction of sp³-hybridized carbons (Fsp3) is 0.105. The first-order valence-electron chi connectivity index (χ1n) is 13.7. The van der Waals surface area contributed by atoms with Crippen LogP contribution in [-0.2, 0) is 10.8 Å². The van der Waals surface area contributed by atoms with Gasteiger partial charge in [0.25, 0.3) is 0 Å². The van der Waals surface area contributed by atoms with Crippen LogP contribution in [0, 0.1) is 0 Å². The van der Waals surface area contributed by atoms with Gasteiger partial charge in [-0.3, -0.25) is 0 Å². The zero-order valence-corrected chi connectivity index (χ0v) is 23.4. The molecule has 1 heteroatoms. The zero-order valence-electron chi connectivity index (χ0n) is 21.8. The summed E-state index contributed by atoms with van der Waals surface area (Å²) >= 11 is 3.75. The van der Waals surface area contributed by atoms with Gasteiger partial charge in [0.2, 0.25) is 0 Å². The van der Waals surface area contributed by atoms with Crippen LogP contribution in [0.25, 0.3) is 44.2 Å². The van der Waals surface area contributed by atoms with Crippen LogP contribution in [0.3, 0.4) is 0 Å². The van der Waals surface area contributed by atoms with E-state index in [0.29, 0.717) is 0 Å². The van der Waals surface area contributed by atoms with E-state index in [1.165, 1.54) is 77.5 Å². The number of halogens is 1. The van der Waals surface area contributed by atoms with Gasteiger partial charge >= 0.3 is 0 Å². The fourth-order valence-electron chi connectivity index (χ4n) is 8.12. The second-order valence-electron chi connectivity index (χ2n) is 11.8. The Hall–Kier alpha value is -3.94. The van der Waals surface area contributed by atoms with Crippen molar-refractivity contribution in [3.63, 3.8) is 0 Å². The average Bonchev–Trinajstić information content (AvgIpc) is 3.37. The molecule has 0 radical (unpaired) electrons. The second kappa shape index (κ2) is 7.17. The number of hydrogen-bond acceptors (Lipinski definition) is 0. The Labute approximate surface area is 237 Å². The van der Waals surface area contributed by atoms with Crippen molar-refractivity contribution in [3.8, 4) is 33.4 Å². The van der Waals surface area contributed by atoms with Crippen LogP contribution in [0.15, 0.2) is 120 Å². The summed E-state index contributed by atoms with van der Waals surface area (Å²) in [5.41, 5.74) is 16.1. The average molecular weight is 562 g/mol. The summed E-state index contributed by atoms with van der Waals surface area (Å²) in [7, 11) is 0. The zero-order chi connectivity index (χ0) is 26.1. The van der Waals surface area contributed by atoms with E-state index in [1.54, 1.807) is 0 Å². The van der Waals surface area contributed by atoms with Crippen LogP contribution < -0.4 is 0 Å². The highest BCUT2D eigenvalue weighted by Gasteiger charge is 2.51. The number of fused-ring (bicyclic) bond motifs is 12. The van der Waals surface area contributed by atoms with Gasteiger partial charge in [0, 0.05) is 9.89 Å². The van der Waals surface area contributed by atoms with Crippen molar-refractivity contribution in [1.82, 2.24) is 0 Å². The van der Waals surface area contributed by atoms with Crippen molar-refractivity contribution in [1.29, 1.82) is 0 Å². The van der Waals surface area contributed by atoms with E-state index in [1.807, 2.05) is 0 Å². The first kappa shape index (κ1) is 21.9. The highest BCUT2D eigenvalue weighted by Crippen LogP contribution is 2.63. The lowest BCUT2D eigenvalue weighted by Gasteiger charge is -2.40. The summed E-state index contributed by atoms with van der Waals surface area (Å²) in [6, 6.07) is 43.8. The smallest absolute Gasteiger partial charge is 0.0619 e. The van der Waals surface area contributed by atoms with Crippen LogP contribution in [0.4, 0.5) is 0 Å². The van der Waals surface area contributed by atoms with Gasteiger partial charge in [0.15, 0.2) is 0 Å². The minimum Gasteiger partial charge on any atom is -0.0619 e. The Morgan fingerprint density at radius 1 is 0.436 bits per heavy atom. The lowest BCUT2D eigenvalue weighted by molar-refractivity contribution is 0.659. The van der Waals surface area contributed by atoms with Crippen LogP contribution in [0.5, 0.6) is 0 Å². The third kappa shape index (κ3) is 2.47. The van der Waals surface area contributed by atoms with Gasteiger partial charge in [-0.1, -0.05) is 121 Å². The number of benzene rings is 6. The van der Waals surface area contributed by atoms with Crippen molar-refractivity contribution in [2.24, 2.45) is 0 Å². The molecule has 0 nitrogen and oxygen atoms in total. The molecule has 9 rings (SSSR count). The molecule has 39 heavy (non-hydrogen) atoms. The van der Waals surface area contributed by atoms with Crippen LogP contribution >= 0.6 is 15.9 Å². The Bertz CT molecular complexity index is 2010. The van der Waals surface area contributed by atoms with E-state index in [4.69, 9.17) is 0 Å². The van der Waals surface area contributed by atoms with E-state index in [-0.39, 0.29) is 10.8 Å². The van der Waals surface area contributed by atoms with Gasteiger partial charge in [0.05, 0.1) is 5.41 Å². The normalized spacial score (nSPS) is 16.0. The number of rotatable bonds is 0. The van der Waals surface area contributed by atoms with Crippen molar-refractivity contribution >= 4 is 26.7 Å². The van der Waals surface area contributed by atoms with E-state index < -0.39 is 0 Å².